The normalized spacial score (nSPS) is 27.9. The predicted molar refractivity (Wildman–Crippen MR) is 72.1 cm³/mol. The maximum Gasteiger partial charge on any atom is 0.233 e. The Bertz CT molecular complexity index is 641. The van der Waals surface area contributed by atoms with Crippen LogP contribution in [0.25, 0.3) is 0 Å². The van der Waals surface area contributed by atoms with E-state index in [0.29, 0.717) is 11.5 Å². The van der Waals surface area contributed by atoms with E-state index >= 15 is 0 Å². The van der Waals surface area contributed by atoms with Crippen LogP contribution in [0, 0.1) is 34.9 Å². The smallest absolute Gasteiger partial charge is 0.233 e. The molecule has 0 aromatic heterocycles. The van der Waals surface area contributed by atoms with Gasteiger partial charge in [-0.25, -0.2) is 4.39 Å². The van der Waals surface area contributed by atoms with Crippen LogP contribution in [-0.2, 0) is 16.1 Å². The van der Waals surface area contributed by atoms with Gasteiger partial charge in [-0.05, 0) is 36.5 Å². The number of imide groups is 1. The number of hydrogen-bond donors (Lipinski definition) is 0. The van der Waals surface area contributed by atoms with Crippen molar-refractivity contribution in [1.29, 1.82) is 5.26 Å². The number of rotatable bonds is 2. The van der Waals surface area contributed by atoms with Crippen LogP contribution in [0.4, 0.5) is 4.39 Å². The van der Waals surface area contributed by atoms with Gasteiger partial charge in [0.15, 0.2) is 0 Å². The molecule has 3 rings (SSSR count). The van der Waals surface area contributed by atoms with Gasteiger partial charge in [0.05, 0.1) is 23.9 Å². The quantitative estimate of drug-likeness (QED) is 0.783. The van der Waals surface area contributed by atoms with Gasteiger partial charge in [-0.2, -0.15) is 5.26 Å². The molecule has 1 saturated heterocycles. The lowest BCUT2D eigenvalue weighted by Crippen LogP contribution is -2.31. The summed E-state index contributed by atoms with van der Waals surface area (Å²) in [5, 5.41) is 8.83. The molecule has 0 radical (unpaired) electrons. The maximum absolute atomic E-state index is 13.3. The second-order valence-corrected chi connectivity index (χ2v) is 5.98. The fourth-order valence-corrected chi connectivity index (χ4v) is 3.44. The first-order valence-corrected chi connectivity index (χ1v) is 7.05. The number of hydrogen-bond acceptors (Lipinski definition) is 3. The van der Waals surface area contributed by atoms with Crippen LogP contribution in [-0.4, -0.2) is 16.7 Å². The highest BCUT2D eigenvalue weighted by Crippen LogP contribution is 2.43. The molecule has 1 aromatic rings. The summed E-state index contributed by atoms with van der Waals surface area (Å²) in [6.45, 7) is 2.18. The summed E-state index contributed by atoms with van der Waals surface area (Å²) in [5.41, 5.74) is 0.531. The third-order valence-corrected chi connectivity index (χ3v) is 4.46. The van der Waals surface area contributed by atoms with E-state index < -0.39 is 5.82 Å². The maximum atomic E-state index is 13.3. The predicted octanol–water partition coefficient (Wildman–Crippen LogP) is 2.23. The Kier molecular flexibility index (Phi) is 3.25. The number of nitriles is 1. The summed E-state index contributed by atoms with van der Waals surface area (Å²) in [7, 11) is 0. The first kappa shape index (κ1) is 13.7. The highest BCUT2D eigenvalue weighted by Gasteiger charge is 2.51. The first-order valence-electron chi connectivity index (χ1n) is 7.05. The monoisotopic (exact) mass is 286 g/mol. The standard InChI is InChI=1S/C16H15FN2O2/c1-9-4-12-13(5-9)16(21)19(15(12)20)8-10-2-3-14(17)11(6-10)7-18/h2-3,6,9,12-13H,4-5,8H2,1H3. The van der Waals surface area contributed by atoms with Gasteiger partial charge in [-0.15, -0.1) is 0 Å². The number of carbonyl (C=O) groups is 2. The Morgan fingerprint density at radius 2 is 1.90 bits per heavy atom. The highest BCUT2D eigenvalue weighted by atomic mass is 19.1. The number of carbonyl (C=O) groups excluding carboxylic acids is 2. The van der Waals surface area contributed by atoms with Crippen molar-refractivity contribution in [3.63, 3.8) is 0 Å². The van der Waals surface area contributed by atoms with E-state index in [4.69, 9.17) is 5.26 Å². The van der Waals surface area contributed by atoms with E-state index in [-0.39, 0.29) is 35.8 Å². The zero-order valence-electron chi connectivity index (χ0n) is 11.7. The van der Waals surface area contributed by atoms with Crippen molar-refractivity contribution in [3.8, 4) is 6.07 Å². The molecule has 1 aliphatic heterocycles. The second kappa shape index (κ2) is 4.96. The van der Waals surface area contributed by atoms with Crippen LogP contribution in [0.2, 0.25) is 0 Å². The second-order valence-electron chi connectivity index (χ2n) is 5.98. The largest absolute Gasteiger partial charge is 0.278 e. The fourth-order valence-electron chi connectivity index (χ4n) is 3.44. The summed E-state index contributed by atoms with van der Waals surface area (Å²) in [5.74, 6) is -0.821. The molecule has 0 N–H and O–H groups in total. The molecule has 2 atom stereocenters. The molecule has 1 aromatic carbocycles. The zero-order chi connectivity index (χ0) is 15.1. The molecular formula is C16H15FN2O2. The van der Waals surface area contributed by atoms with Gasteiger partial charge in [0.25, 0.3) is 0 Å². The van der Waals surface area contributed by atoms with Crippen LogP contribution in [0.1, 0.15) is 30.9 Å². The van der Waals surface area contributed by atoms with Crippen molar-refractivity contribution in [2.45, 2.75) is 26.3 Å². The molecule has 0 spiro atoms. The fraction of sp³-hybridized carbons (Fsp3) is 0.438. The van der Waals surface area contributed by atoms with Crippen LogP contribution < -0.4 is 0 Å². The average molecular weight is 286 g/mol. The molecule has 5 heteroatoms. The lowest BCUT2D eigenvalue weighted by Gasteiger charge is -2.17. The third-order valence-electron chi connectivity index (χ3n) is 4.46. The van der Waals surface area contributed by atoms with E-state index in [1.807, 2.05) is 0 Å². The number of amides is 2. The number of fused-ring (bicyclic) bond motifs is 1. The SMILES string of the molecule is CC1CC2C(=O)N(Cc3ccc(F)c(C#N)c3)C(=O)C2C1. The minimum Gasteiger partial charge on any atom is -0.278 e. The Labute approximate surface area is 122 Å². The van der Waals surface area contributed by atoms with Gasteiger partial charge >= 0.3 is 0 Å². The Balaban J connectivity index is 1.82. The number of halogens is 1. The van der Waals surface area contributed by atoms with Crippen LogP contribution in [0.3, 0.4) is 0 Å². The Hall–Kier alpha value is -2.22. The van der Waals surface area contributed by atoms with Gasteiger partial charge in [-0.1, -0.05) is 13.0 Å². The topological polar surface area (TPSA) is 61.2 Å². The van der Waals surface area contributed by atoms with Crippen molar-refractivity contribution in [1.82, 2.24) is 4.90 Å². The molecule has 1 saturated carbocycles. The molecule has 0 bridgehead atoms. The summed E-state index contributed by atoms with van der Waals surface area (Å²) in [4.78, 5) is 25.9. The Morgan fingerprint density at radius 3 is 2.48 bits per heavy atom. The molecule has 1 aliphatic carbocycles. The van der Waals surface area contributed by atoms with Gasteiger partial charge < -0.3 is 0 Å². The lowest BCUT2D eigenvalue weighted by molar-refractivity contribution is -0.141. The van der Waals surface area contributed by atoms with E-state index in [1.54, 1.807) is 6.07 Å². The van der Waals surface area contributed by atoms with E-state index in [2.05, 4.69) is 6.92 Å². The summed E-state index contributed by atoms with van der Waals surface area (Å²) < 4.78 is 13.3. The van der Waals surface area contributed by atoms with Crippen molar-refractivity contribution >= 4 is 11.8 Å². The molecule has 2 fully saturated rings. The van der Waals surface area contributed by atoms with Gasteiger partial charge in [0.2, 0.25) is 11.8 Å². The van der Waals surface area contributed by atoms with Crippen LogP contribution >= 0.6 is 0 Å². The van der Waals surface area contributed by atoms with Crippen LogP contribution in [0.5, 0.6) is 0 Å². The molecule has 2 unspecified atom stereocenters. The van der Waals surface area contributed by atoms with Crippen molar-refractivity contribution in [2.75, 3.05) is 0 Å². The summed E-state index contributed by atoms with van der Waals surface area (Å²) >= 11 is 0. The number of benzene rings is 1. The van der Waals surface area contributed by atoms with Gasteiger partial charge in [0.1, 0.15) is 11.9 Å². The van der Waals surface area contributed by atoms with Crippen LogP contribution in [0.15, 0.2) is 18.2 Å². The van der Waals surface area contributed by atoms with E-state index in [9.17, 15) is 14.0 Å². The van der Waals surface area contributed by atoms with E-state index in [1.165, 1.54) is 23.1 Å². The average Bonchev–Trinajstić information content (AvgIpc) is 2.94. The molecule has 2 aliphatic rings. The number of likely N-dealkylation sites (tertiary alicyclic amines) is 1. The van der Waals surface area contributed by atoms with Crippen molar-refractivity contribution in [3.05, 3.63) is 35.1 Å². The molecule has 2 amide bonds. The minimum absolute atomic E-state index is 0.0691. The van der Waals surface area contributed by atoms with Crippen molar-refractivity contribution < 1.29 is 14.0 Å². The summed E-state index contributed by atoms with van der Waals surface area (Å²) in [6.07, 6.45) is 1.53. The lowest BCUT2D eigenvalue weighted by atomic mass is 10.00. The molecule has 21 heavy (non-hydrogen) atoms. The first-order chi connectivity index (χ1) is 10.0. The highest BCUT2D eigenvalue weighted by molar-refractivity contribution is 6.05. The van der Waals surface area contributed by atoms with Gasteiger partial charge in [0, 0.05) is 0 Å². The Morgan fingerprint density at radius 1 is 1.29 bits per heavy atom. The number of nitrogens with zero attached hydrogens (tertiary/aromatic N) is 2. The van der Waals surface area contributed by atoms with E-state index in [0.717, 1.165) is 12.8 Å². The minimum atomic E-state index is -0.592. The molecule has 1 heterocycles. The van der Waals surface area contributed by atoms with Crippen molar-refractivity contribution in [2.24, 2.45) is 17.8 Å². The summed E-state index contributed by atoms with van der Waals surface area (Å²) in [6, 6.07) is 5.86. The zero-order valence-corrected chi connectivity index (χ0v) is 11.7. The van der Waals surface area contributed by atoms with Gasteiger partial charge in [-0.3, -0.25) is 14.5 Å². The molecular weight excluding hydrogens is 271 g/mol. The third kappa shape index (κ3) is 2.21. The molecule has 4 nitrogen and oxygen atoms in total. The molecule has 108 valence electrons.